The summed E-state index contributed by atoms with van der Waals surface area (Å²) >= 11 is 3.53. The molecule has 0 fully saturated rings. The standard InChI is InChI=1S/C18H31BrN2/c1-16(2)14-20-11-6-4-5-7-12-21(3)15-17-9-8-10-18(19)13-17/h8-10,13,16,20H,4-7,11-12,14-15H2,1-3H3. The van der Waals surface area contributed by atoms with E-state index < -0.39 is 0 Å². The van der Waals surface area contributed by atoms with Crippen LogP contribution < -0.4 is 5.32 Å². The van der Waals surface area contributed by atoms with Crippen molar-refractivity contribution < 1.29 is 0 Å². The minimum atomic E-state index is 0.761. The van der Waals surface area contributed by atoms with Gasteiger partial charge in [-0.3, -0.25) is 0 Å². The van der Waals surface area contributed by atoms with Crippen molar-refractivity contribution in [1.82, 2.24) is 10.2 Å². The second kappa shape index (κ2) is 11.2. The van der Waals surface area contributed by atoms with Crippen molar-refractivity contribution >= 4 is 15.9 Å². The van der Waals surface area contributed by atoms with Gasteiger partial charge in [-0.25, -0.2) is 0 Å². The van der Waals surface area contributed by atoms with Crippen molar-refractivity contribution in [3.05, 3.63) is 34.3 Å². The summed E-state index contributed by atoms with van der Waals surface area (Å²) in [5, 5.41) is 3.51. The van der Waals surface area contributed by atoms with Crippen molar-refractivity contribution in [3.8, 4) is 0 Å². The summed E-state index contributed by atoms with van der Waals surface area (Å²) in [4.78, 5) is 2.42. The van der Waals surface area contributed by atoms with Crippen LogP contribution in [0.5, 0.6) is 0 Å². The van der Waals surface area contributed by atoms with Crippen molar-refractivity contribution in [1.29, 1.82) is 0 Å². The van der Waals surface area contributed by atoms with Crippen LogP contribution in [0.3, 0.4) is 0 Å². The molecule has 0 atom stereocenters. The first-order valence-electron chi connectivity index (χ1n) is 8.21. The lowest BCUT2D eigenvalue weighted by molar-refractivity contribution is 0.316. The maximum atomic E-state index is 3.53. The van der Waals surface area contributed by atoms with Crippen molar-refractivity contribution in [2.75, 3.05) is 26.7 Å². The van der Waals surface area contributed by atoms with Crippen LogP contribution in [0.1, 0.15) is 45.1 Å². The Balaban J connectivity index is 2.00. The van der Waals surface area contributed by atoms with Crippen LogP contribution in [-0.2, 0) is 6.54 Å². The molecule has 0 unspecified atom stereocenters. The lowest BCUT2D eigenvalue weighted by Gasteiger charge is -2.16. The van der Waals surface area contributed by atoms with Crippen LogP contribution in [0.15, 0.2) is 28.7 Å². The van der Waals surface area contributed by atoms with Crippen LogP contribution in [0.2, 0.25) is 0 Å². The highest BCUT2D eigenvalue weighted by Crippen LogP contribution is 2.13. The Morgan fingerprint density at radius 3 is 2.62 bits per heavy atom. The molecule has 21 heavy (non-hydrogen) atoms. The molecule has 0 amide bonds. The van der Waals surface area contributed by atoms with Gasteiger partial charge >= 0.3 is 0 Å². The Labute approximate surface area is 139 Å². The lowest BCUT2D eigenvalue weighted by atomic mass is 10.1. The highest BCUT2D eigenvalue weighted by molar-refractivity contribution is 9.10. The largest absolute Gasteiger partial charge is 0.316 e. The second-order valence-corrected chi connectivity index (χ2v) is 7.30. The van der Waals surface area contributed by atoms with Gasteiger partial charge in [0.2, 0.25) is 0 Å². The van der Waals surface area contributed by atoms with E-state index in [1.54, 1.807) is 0 Å². The Bertz CT molecular complexity index is 379. The Morgan fingerprint density at radius 1 is 1.14 bits per heavy atom. The molecule has 1 aromatic rings. The molecule has 0 aliphatic heterocycles. The summed E-state index contributed by atoms with van der Waals surface area (Å²) in [5.74, 6) is 0.761. The predicted molar refractivity (Wildman–Crippen MR) is 96.7 cm³/mol. The number of halogens is 1. The number of benzene rings is 1. The summed E-state index contributed by atoms with van der Waals surface area (Å²) in [7, 11) is 2.21. The van der Waals surface area contributed by atoms with E-state index in [0.717, 1.165) is 19.0 Å². The molecule has 1 N–H and O–H groups in total. The smallest absolute Gasteiger partial charge is 0.0231 e. The molecular weight excluding hydrogens is 324 g/mol. The monoisotopic (exact) mass is 354 g/mol. The van der Waals surface area contributed by atoms with E-state index in [4.69, 9.17) is 0 Å². The fourth-order valence-corrected chi connectivity index (χ4v) is 2.85. The third-order valence-electron chi connectivity index (χ3n) is 3.54. The number of hydrogen-bond acceptors (Lipinski definition) is 2. The minimum absolute atomic E-state index is 0.761. The molecule has 1 rings (SSSR count). The molecule has 0 heterocycles. The molecule has 0 saturated carbocycles. The minimum Gasteiger partial charge on any atom is -0.316 e. The molecule has 0 saturated heterocycles. The van der Waals surface area contributed by atoms with E-state index in [1.165, 1.54) is 48.8 Å². The molecular formula is C18H31BrN2. The van der Waals surface area contributed by atoms with Gasteiger partial charge in [-0.1, -0.05) is 54.8 Å². The molecule has 0 radical (unpaired) electrons. The van der Waals surface area contributed by atoms with Crippen molar-refractivity contribution in [2.24, 2.45) is 5.92 Å². The highest BCUT2D eigenvalue weighted by Gasteiger charge is 2.01. The SMILES string of the molecule is CC(C)CNCCCCCCN(C)Cc1cccc(Br)c1. The molecule has 3 heteroatoms. The molecule has 0 bridgehead atoms. The zero-order valence-electron chi connectivity index (χ0n) is 13.9. The maximum absolute atomic E-state index is 3.53. The Hall–Kier alpha value is -0.380. The first kappa shape index (κ1) is 18.7. The van der Waals surface area contributed by atoms with Gasteiger partial charge in [-0.05, 0) is 63.1 Å². The Kier molecular flexibility index (Phi) is 9.98. The second-order valence-electron chi connectivity index (χ2n) is 6.38. The first-order valence-corrected chi connectivity index (χ1v) is 9.01. The van der Waals surface area contributed by atoms with E-state index in [2.05, 4.69) is 71.3 Å². The summed E-state index contributed by atoms with van der Waals surface area (Å²) in [6.45, 7) is 9.06. The van der Waals surface area contributed by atoms with Crippen LogP contribution in [0, 0.1) is 5.92 Å². The quantitative estimate of drug-likeness (QED) is 0.580. The van der Waals surface area contributed by atoms with Gasteiger partial charge < -0.3 is 10.2 Å². The fraction of sp³-hybridized carbons (Fsp3) is 0.667. The van der Waals surface area contributed by atoms with Crippen LogP contribution in [0.4, 0.5) is 0 Å². The van der Waals surface area contributed by atoms with Crippen LogP contribution in [0.25, 0.3) is 0 Å². The Morgan fingerprint density at radius 2 is 1.90 bits per heavy atom. The molecule has 120 valence electrons. The normalized spacial score (nSPS) is 11.5. The zero-order chi connectivity index (χ0) is 15.5. The molecule has 0 spiro atoms. The van der Waals surface area contributed by atoms with Crippen molar-refractivity contribution in [2.45, 2.75) is 46.1 Å². The average molecular weight is 355 g/mol. The van der Waals surface area contributed by atoms with Gasteiger partial charge in [-0.2, -0.15) is 0 Å². The third-order valence-corrected chi connectivity index (χ3v) is 4.03. The number of rotatable bonds is 11. The van der Waals surface area contributed by atoms with Gasteiger partial charge in [0, 0.05) is 11.0 Å². The van der Waals surface area contributed by atoms with Gasteiger partial charge in [-0.15, -0.1) is 0 Å². The summed E-state index contributed by atoms with van der Waals surface area (Å²) in [6, 6.07) is 8.59. The topological polar surface area (TPSA) is 15.3 Å². The molecule has 0 aromatic heterocycles. The van der Waals surface area contributed by atoms with E-state index >= 15 is 0 Å². The highest BCUT2D eigenvalue weighted by atomic mass is 79.9. The molecule has 0 aliphatic rings. The molecule has 1 aromatic carbocycles. The summed E-state index contributed by atoms with van der Waals surface area (Å²) < 4.78 is 1.17. The predicted octanol–water partition coefficient (Wildman–Crippen LogP) is 4.69. The summed E-state index contributed by atoms with van der Waals surface area (Å²) in [5.41, 5.74) is 1.38. The van der Waals surface area contributed by atoms with Gasteiger partial charge in [0.25, 0.3) is 0 Å². The first-order chi connectivity index (χ1) is 10.1. The lowest BCUT2D eigenvalue weighted by Crippen LogP contribution is -2.21. The third kappa shape index (κ3) is 10.0. The van der Waals surface area contributed by atoms with Crippen LogP contribution >= 0.6 is 15.9 Å². The van der Waals surface area contributed by atoms with E-state index in [1.807, 2.05) is 0 Å². The number of hydrogen-bond donors (Lipinski definition) is 1. The zero-order valence-corrected chi connectivity index (χ0v) is 15.5. The van der Waals surface area contributed by atoms with E-state index in [-0.39, 0.29) is 0 Å². The van der Waals surface area contributed by atoms with E-state index in [0.29, 0.717) is 0 Å². The van der Waals surface area contributed by atoms with Crippen molar-refractivity contribution in [3.63, 3.8) is 0 Å². The average Bonchev–Trinajstić information content (AvgIpc) is 2.41. The summed E-state index contributed by atoms with van der Waals surface area (Å²) in [6.07, 6.45) is 5.29. The van der Waals surface area contributed by atoms with Gasteiger partial charge in [0.15, 0.2) is 0 Å². The molecule has 2 nitrogen and oxygen atoms in total. The van der Waals surface area contributed by atoms with E-state index in [9.17, 15) is 0 Å². The van der Waals surface area contributed by atoms with Gasteiger partial charge in [0.1, 0.15) is 0 Å². The number of unbranched alkanes of at least 4 members (excludes halogenated alkanes) is 3. The van der Waals surface area contributed by atoms with Gasteiger partial charge in [0.05, 0.1) is 0 Å². The maximum Gasteiger partial charge on any atom is 0.0231 e. The van der Waals surface area contributed by atoms with Crippen LogP contribution in [-0.4, -0.2) is 31.6 Å². The number of nitrogens with one attached hydrogen (secondary N) is 1. The molecule has 0 aliphatic carbocycles. The number of nitrogens with zero attached hydrogens (tertiary/aromatic N) is 1. The fourth-order valence-electron chi connectivity index (χ4n) is 2.40.